The van der Waals surface area contributed by atoms with Crippen LogP contribution in [0.25, 0.3) is 0 Å². The van der Waals surface area contributed by atoms with E-state index in [1.54, 1.807) is 0 Å². The third kappa shape index (κ3) is 2.18. The number of hydrogen-bond donors (Lipinski definition) is 2. The number of aromatic hydroxyl groups is 1. The lowest BCUT2D eigenvalue weighted by molar-refractivity contribution is -0.136. The predicted molar refractivity (Wildman–Crippen MR) is 44.0 cm³/mol. The molecule has 0 aromatic heterocycles. The lowest BCUT2D eigenvalue weighted by Gasteiger charge is -2.03. The molecule has 1 aromatic rings. The SMILES string of the molecule is O=C(O)CCc1ccc(F)c(O)c1F. The molecule has 1 rings (SSSR count). The average molecular weight is 202 g/mol. The molecule has 1 aromatic carbocycles. The lowest BCUT2D eigenvalue weighted by Crippen LogP contribution is -2.00. The molecule has 0 fully saturated rings. The monoisotopic (exact) mass is 202 g/mol. The van der Waals surface area contributed by atoms with Crippen molar-refractivity contribution in [3.63, 3.8) is 0 Å². The van der Waals surface area contributed by atoms with E-state index in [1.807, 2.05) is 0 Å². The second-order valence-electron chi connectivity index (χ2n) is 2.76. The van der Waals surface area contributed by atoms with Crippen molar-refractivity contribution in [1.82, 2.24) is 0 Å². The molecule has 0 aliphatic heterocycles. The van der Waals surface area contributed by atoms with Gasteiger partial charge in [-0.05, 0) is 18.1 Å². The number of phenolic OH excluding ortho intramolecular Hbond substituents is 1. The Bertz CT molecular complexity index is 363. The molecule has 14 heavy (non-hydrogen) atoms. The number of benzene rings is 1. The molecule has 0 aliphatic carbocycles. The number of hydrogen-bond acceptors (Lipinski definition) is 2. The van der Waals surface area contributed by atoms with Gasteiger partial charge >= 0.3 is 5.97 Å². The lowest BCUT2D eigenvalue weighted by atomic mass is 10.1. The van der Waals surface area contributed by atoms with Gasteiger partial charge in [0.1, 0.15) is 0 Å². The predicted octanol–water partition coefficient (Wildman–Crippen LogP) is 1.69. The second-order valence-corrected chi connectivity index (χ2v) is 2.76. The zero-order chi connectivity index (χ0) is 10.7. The standard InChI is InChI=1S/C9H8F2O3/c10-6-3-1-5(2-4-7(12)13)8(11)9(6)14/h1,3,14H,2,4H2,(H,12,13). The van der Waals surface area contributed by atoms with Crippen molar-refractivity contribution in [2.45, 2.75) is 12.8 Å². The summed E-state index contributed by atoms with van der Waals surface area (Å²) in [6, 6.07) is 2.02. The molecule has 0 saturated carbocycles. The zero-order valence-corrected chi connectivity index (χ0v) is 7.13. The van der Waals surface area contributed by atoms with Gasteiger partial charge in [-0.1, -0.05) is 6.07 Å². The van der Waals surface area contributed by atoms with Crippen molar-refractivity contribution in [1.29, 1.82) is 0 Å². The van der Waals surface area contributed by atoms with Gasteiger partial charge in [-0.2, -0.15) is 0 Å². The molecule has 76 valence electrons. The van der Waals surface area contributed by atoms with Crippen LogP contribution in [0.1, 0.15) is 12.0 Å². The molecule has 0 amide bonds. The first-order valence-corrected chi connectivity index (χ1v) is 3.90. The van der Waals surface area contributed by atoms with Crippen molar-refractivity contribution >= 4 is 5.97 Å². The third-order valence-corrected chi connectivity index (χ3v) is 1.76. The van der Waals surface area contributed by atoms with Gasteiger partial charge in [0.25, 0.3) is 0 Å². The van der Waals surface area contributed by atoms with Crippen LogP contribution in [0.2, 0.25) is 0 Å². The summed E-state index contributed by atoms with van der Waals surface area (Å²) < 4.78 is 25.6. The third-order valence-electron chi connectivity index (χ3n) is 1.76. The van der Waals surface area contributed by atoms with Crippen LogP contribution in [0, 0.1) is 11.6 Å². The molecular formula is C9H8F2O3. The average Bonchev–Trinajstić information content (AvgIpc) is 2.13. The highest BCUT2D eigenvalue weighted by Crippen LogP contribution is 2.23. The van der Waals surface area contributed by atoms with E-state index in [-0.39, 0.29) is 18.4 Å². The Balaban J connectivity index is 2.88. The van der Waals surface area contributed by atoms with Crippen LogP contribution in [0.3, 0.4) is 0 Å². The van der Waals surface area contributed by atoms with E-state index in [4.69, 9.17) is 10.2 Å². The molecule has 0 radical (unpaired) electrons. The maximum absolute atomic E-state index is 13.0. The minimum absolute atomic E-state index is 0.00806. The molecule has 0 spiro atoms. The summed E-state index contributed by atoms with van der Waals surface area (Å²) in [5, 5.41) is 17.2. The summed E-state index contributed by atoms with van der Waals surface area (Å²) >= 11 is 0. The minimum atomic E-state index is -1.09. The normalized spacial score (nSPS) is 10.1. The maximum Gasteiger partial charge on any atom is 0.303 e. The van der Waals surface area contributed by atoms with Gasteiger partial charge in [0.05, 0.1) is 0 Å². The van der Waals surface area contributed by atoms with Gasteiger partial charge in [-0.25, -0.2) is 8.78 Å². The molecule has 5 heteroatoms. The summed E-state index contributed by atoms with van der Waals surface area (Å²) in [6.07, 6.45) is -0.336. The topological polar surface area (TPSA) is 57.5 Å². The van der Waals surface area contributed by atoms with Crippen molar-refractivity contribution in [2.75, 3.05) is 0 Å². The fraction of sp³-hybridized carbons (Fsp3) is 0.222. The number of carbonyl (C=O) groups is 1. The maximum atomic E-state index is 13.0. The molecular weight excluding hydrogens is 194 g/mol. The van der Waals surface area contributed by atoms with Gasteiger partial charge in [-0.15, -0.1) is 0 Å². The highest BCUT2D eigenvalue weighted by atomic mass is 19.1. The van der Waals surface area contributed by atoms with E-state index >= 15 is 0 Å². The smallest absolute Gasteiger partial charge is 0.303 e. The number of carboxylic acid groups (broad SMARTS) is 1. The number of aliphatic carboxylic acids is 1. The second kappa shape index (κ2) is 4.04. The summed E-state index contributed by atoms with van der Waals surface area (Å²) in [6.45, 7) is 0. The van der Waals surface area contributed by atoms with Crippen LogP contribution in [0.5, 0.6) is 5.75 Å². The van der Waals surface area contributed by atoms with E-state index in [9.17, 15) is 13.6 Å². The minimum Gasteiger partial charge on any atom is -0.503 e. The van der Waals surface area contributed by atoms with Gasteiger partial charge in [-0.3, -0.25) is 4.79 Å². The molecule has 0 bridgehead atoms. The first-order valence-electron chi connectivity index (χ1n) is 3.90. The molecule has 3 nitrogen and oxygen atoms in total. The van der Waals surface area contributed by atoms with Crippen LogP contribution in [0.4, 0.5) is 8.78 Å². The van der Waals surface area contributed by atoms with E-state index in [2.05, 4.69) is 0 Å². The quantitative estimate of drug-likeness (QED) is 0.784. The largest absolute Gasteiger partial charge is 0.503 e. The Morgan fingerprint density at radius 1 is 1.36 bits per heavy atom. The van der Waals surface area contributed by atoms with Crippen LogP contribution in [-0.4, -0.2) is 16.2 Å². The Morgan fingerprint density at radius 3 is 2.57 bits per heavy atom. The Morgan fingerprint density at radius 2 is 2.00 bits per heavy atom. The zero-order valence-electron chi connectivity index (χ0n) is 7.13. The fourth-order valence-electron chi connectivity index (χ4n) is 1.02. The van der Waals surface area contributed by atoms with Gasteiger partial charge in [0.15, 0.2) is 17.4 Å². The van der Waals surface area contributed by atoms with Crippen molar-refractivity contribution in [2.24, 2.45) is 0 Å². The van der Waals surface area contributed by atoms with Crippen LogP contribution in [0.15, 0.2) is 12.1 Å². The summed E-state index contributed by atoms with van der Waals surface area (Å²) in [7, 11) is 0. The number of halogens is 2. The highest BCUT2D eigenvalue weighted by molar-refractivity contribution is 5.67. The highest BCUT2D eigenvalue weighted by Gasteiger charge is 2.12. The van der Waals surface area contributed by atoms with Crippen molar-refractivity contribution < 1.29 is 23.8 Å². The first kappa shape index (κ1) is 10.4. The number of carboxylic acids is 1. The van der Waals surface area contributed by atoms with E-state index in [0.717, 1.165) is 12.1 Å². The summed E-state index contributed by atoms with van der Waals surface area (Å²) in [5.74, 6) is -4.28. The van der Waals surface area contributed by atoms with Crippen LogP contribution < -0.4 is 0 Å². The van der Waals surface area contributed by atoms with Crippen molar-refractivity contribution in [3.8, 4) is 5.75 Å². The van der Waals surface area contributed by atoms with Gasteiger partial charge < -0.3 is 10.2 Å². The van der Waals surface area contributed by atoms with E-state index in [1.165, 1.54) is 0 Å². The Kier molecular flexibility index (Phi) is 3.01. The number of phenols is 1. The van der Waals surface area contributed by atoms with Gasteiger partial charge in [0.2, 0.25) is 0 Å². The number of rotatable bonds is 3. The Hall–Kier alpha value is -1.65. The van der Waals surface area contributed by atoms with Crippen molar-refractivity contribution in [3.05, 3.63) is 29.3 Å². The van der Waals surface area contributed by atoms with Crippen LogP contribution >= 0.6 is 0 Å². The van der Waals surface area contributed by atoms with Gasteiger partial charge in [0, 0.05) is 6.42 Å². The molecule has 0 heterocycles. The van der Waals surface area contributed by atoms with E-state index < -0.39 is 23.4 Å². The van der Waals surface area contributed by atoms with E-state index in [0.29, 0.717) is 0 Å². The van der Waals surface area contributed by atoms with Crippen LogP contribution in [-0.2, 0) is 11.2 Å². The Labute approximate surface area is 78.6 Å². The summed E-state index contributed by atoms with van der Waals surface area (Å²) in [5.41, 5.74) is -0.00806. The molecule has 0 atom stereocenters. The summed E-state index contributed by atoms with van der Waals surface area (Å²) in [4.78, 5) is 10.2. The fourth-order valence-corrected chi connectivity index (χ4v) is 1.02. The first-order chi connectivity index (χ1) is 6.52. The molecule has 0 aliphatic rings. The number of aryl methyl sites for hydroxylation is 1. The molecule has 2 N–H and O–H groups in total. The molecule has 0 unspecified atom stereocenters. The molecule has 0 saturated heterocycles.